The van der Waals surface area contributed by atoms with Crippen LogP contribution in [0, 0.1) is 16.7 Å². The van der Waals surface area contributed by atoms with Crippen LogP contribution in [-0.4, -0.2) is 19.6 Å². The van der Waals surface area contributed by atoms with Crippen LogP contribution in [0.2, 0.25) is 0 Å². The molecule has 4 heteroatoms. The van der Waals surface area contributed by atoms with Crippen LogP contribution in [0.15, 0.2) is 24.3 Å². The zero-order chi connectivity index (χ0) is 16.8. The molecule has 0 amide bonds. The molecule has 0 saturated carbocycles. The van der Waals surface area contributed by atoms with Crippen molar-refractivity contribution in [3.05, 3.63) is 29.8 Å². The van der Waals surface area contributed by atoms with Crippen LogP contribution in [0.4, 0.5) is 5.69 Å². The molecule has 0 radical (unpaired) electrons. The van der Waals surface area contributed by atoms with Gasteiger partial charge in [-0.25, -0.2) is 0 Å². The molecule has 1 rings (SSSR count). The molecule has 0 heterocycles. The van der Waals surface area contributed by atoms with E-state index in [2.05, 4.69) is 11.4 Å². The number of carbonyl (C=O) groups is 1. The Balaban J connectivity index is 2.56. The molecular weight excluding hydrogens is 276 g/mol. The first-order valence-corrected chi connectivity index (χ1v) is 7.57. The van der Waals surface area contributed by atoms with E-state index in [1.165, 1.54) is 7.11 Å². The van der Waals surface area contributed by atoms with Gasteiger partial charge in [0.15, 0.2) is 0 Å². The maximum absolute atomic E-state index is 11.8. The molecule has 0 unspecified atom stereocenters. The van der Waals surface area contributed by atoms with Crippen LogP contribution in [0.1, 0.15) is 46.1 Å². The van der Waals surface area contributed by atoms with Crippen molar-refractivity contribution >= 4 is 11.7 Å². The molecule has 0 aliphatic rings. The molecule has 0 atom stereocenters. The molecule has 22 heavy (non-hydrogen) atoms. The van der Waals surface area contributed by atoms with Crippen molar-refractivity contribution in [2.24, 2.45) is 5.41 Å². The first-order valence-electron chi connectivity index (χ1n) is 7.57. The number of ether oxygens (including phenoxy) is 1. The largest absolute Gasteiger partial charge is 0.468 e. The lowest BCUT2D eigenvalue weighted by atomic mass is 9.85. The Morgan fingerprint density at radius 3 is 2.32 bits per heavy atom. The van der Waals surface area contributed by atoms with Gasteiger partial charge in [0.2, 0.25) is 0 Å². The molecule has 0 aliphatic heterocycles. The minimum Gasteiger partial charge on any atom is -0.468 e. The van der Waals surface area contributed by atoms with E-state index >= 15 is 0 Å². The molecule has 0 spiro atoms. The predicted octanol–water partition coefficient (Wildman–Crippen LogP) is 3.88. The summed E-state index contributed by atoms with van der Waals surface area (Å²) in [4.78, 5) is 11.8. The molecule has 0 fully saturated rings. The fourth-order valence-electron chi connectivity index (χ4n) is 2.20. The van der Waals surface area contributed by atoms with Gasteiger partial charge in [-0.05, 0) is 58.2 Å². The Labute approximate surface area is 133 Å². The van der Waals surface area contributed by atoms with Gasteiger partial charge in [0.05, 0.1) is 24.0 Å². The van der Waals surface area contributed by atoms with Crippen molar-refractivity contribution in [1.82, 2.24) is 0 Å². The van der Waals surface area contributed by atoms with E-state index in [1.807, 2.05) is 52.0 Å². The van der Waals surface area contributed by atoms with Crippen molar-refractivity contribution in [3.63, 3.8) is 0 Å². The highest BCUT2D eigenvalue weighted by Crippen LogP contribution is 2.26. The van der Waals surface area contributed by atoms with Crippen molar-refractivity contribution in [3.8, 4) is 6.07 Å². The van der Waals surface area contributed by atoms with Gasteiger partial charge in [0, 0.05) is 12.2 Å². The number of nitrogens with one attached hydrogen (secondary N) is 1. The number of nitriles is 1. The highest BCUT2D eigenvalue weighted by Gasteiger charge is 2.30. The Morgan fingerprint density at radius 2 is 1.82 bits per heavy atom. The van der Waals surface area contributed by atoms with Gasteiger partial charge in [0.25, 0.3) is 0 Å². The maximum atomic E-state index is 11.8. The van der Waals surface area contributed by atoms with Crippen LogP contribution in [0.25, 0.3) is 0 Å². The molecule has 1 N–H and O–H groups in total. The van der Waals surface area contributed by atoms with E-state index < -0.39 is 5.41 Å². The quantitative estimate of drug-likeness (QED) is 0.613. The van der Waals surface area contributed by atoms with Crippen LogP contribution in [0.3, 0.4) is 0 Å². The van der Waals surface area contributed by atoms with Crippen LogP contribution in [-0.2, 0) is 14.9 Å². The Bertz CT molecular complexity index is 539. The lowest BCUT2D eigenvalue weighted by Gasteiger charge is -2.22. The fraction of sp³-hybridized carbons (Fsp3) is 0.556. The second kappa shape index (κ2) is 7.31. The number of hydrogen-bond acceptors (Lipinski definition) is 4. The van der Waals surface area contributed by atoms with Crippen molar-refractivity contribution < 1.29 is 9.53 Å². The maximum Gasteiger partial charge on any atom is 0.315 e. The lowest BCUT2D eigenvalue weighted by molar-refractivity contribution is -0.146. The average molecular weight is 302 g/mol. The molecule has 0 aliphatic carbocycles. The highest BCUT2D eigenvalue weighted by molar-refractivity contribution is 5.82. The minimum atomic E-state index is -0.649. The second-order valence-corrected chi connectivity index (χ2v) is 6.72. The van der Waals surface area contributed by atoms with E-state index in [1.54, 1.807) is 0 Å². The third-order valence-electron chi connectivity index (χ3n) is 3.91. The number of hydrogen-bond donors (Lipinski definition) is 1. The molecule has 0 saturated heterocycles. The van der Waals surface area contributed by atoms with E-state index in [0.717, 1.165) is 30.6 Å². The van der Waals surface area contributed by atoms with Crippen LogP contribution >= 0.6 is 0 Å². The van der Waals surface area contributed by atoms with E-state index in [-0.39, 0.29) is 11.4 Å². The topological polar surface area (TPSA) is 62.1 Å². The zero-order valence-electron chi connectivity index (χ0n) is 14.2. The summed E-state index contributed by atoms with van der Waals surface area (Å²) in [6.45, 7) is 8.44. The first-order chi connectivity index (χ1) is 10.2. The molecule has 1 aromatic rings. The van der Waals surface area contributed by atoms with Crippen LogP contribution < -0.4 is 5.32 Å². The van der Waals surface area contributed by atoms with Gasteiger partial charge in [-0.1, -0.05) is 12.1 Å². The molecule has 0 bridgehead atoms. The number of esters is 1. The monoisotopic (exact) mass is 302 g/mol. The third-order valence-corrected chi connectivity index (χ3v) is 3.91. The van der Waals surface area contributed by atoms with Gasteiger partial charge >= 0.3 is 5.97 Å². The SMILES string of the molecule is COC(=O)C(C)(C)c1ccc(NCCCC(C)(C)C#N)cc1. The molecular formula is C18H26N2O2. The van der Waals surface area contributed by atoms with E-state index in [0.29, 0.717) is 0 Å². The van der Waals surface area contributed by atoms with E-state index in [4.69, 9.17) is 10.00 Å². The van der Waals surface area contributed by atoms with Crippen molar-refractivity contribution in [2.75, 3.05) is 19.0 Å². The average Bonchev–Trinajstić information content (AvgIpc) is 2.51. The van der Waals surface area contributed by atoms with Gasteiger partial charge in [0.1, 0.15) is 0 Å². The summed E-state index contributed by atoms with van der Waals surface area (Å²) in [6, 6.07) is 10.1. The lowest BCUT2D eigenvalue weighted by Crippen LogP contribution is -2.30. The molecule has 1 aromatic carbocycles. The summed E-state index contributed by atoms with van der Waals surface area (Å²) in [5.41, 5.74) is 1.02. The molecule has 4 nitrogen and oxygen atoms in total. The number of carbonyl (C=O) groups excluding carboxylic acids is 1. The van der Waals surface area contributed by atoms with Gasteiger partial charge in [-0.15, -0.1) is 0 Å². The van der Waals surface area contributed by atoms with Crippen LogP contribution in [0.5, 0.6) is 0 Å². The predicted molar refractivity (Wildman–Crippen MR) is 88.6 cm³/mol. The summed E-state index contributed by atoms with van der Waals surface area (Å²) in [5, 5.41) is 12.3. The number of anilines is 1. The summed E-state index contributed by atoms with van der Waals surface area (Å²) in [5.74, 6) is -0.244. The first kappa shape index (κ1) is 18.0. The summed E-state index contributed by atoms with van der Waals surface area (Å²) in [6.07, 6.45) is 1.81. The Kier molecular flexibility index (Phi) is 5.99. The highest BCUT2D eigenvalue weighted by atomic mass is 16.5. The number of methoxy groups -OCH3 is 1. The summed E-state index contributed by atoms with van der Waals surface area (Å²) < 4.78 is 4.84. The van der Waals surface area contributed by atoms with Gasteiger partial charge in [-0.3, -0.25) is 4.79 Å². The van der Waals surface area contributed by atoms with Crippen molar-refractivity contribution in [1.29, 1.82) is 5.26 Å². The third kappa shape index (κ3) is 4.77. The second-order valence-electron chi connectivity index (χ2n) is 6.72. The standard InChI is InChI=1S/C18H26N2O2/c1-17(2,13-19)11-6-12-20-15-9-7-14(8-10-15)18(3,4)16(21)22-5/h7-10,20H,6,11-12H2,1-5H3. The van der Waals surface area contributed by atoms with Crippen molar-refractivity contribution in [2.45, 2.75) is 46.0 Å². The van der Waals surface area contributed by atoms with Gasteiger partial charge < -0.3 is 10.1 Å². The summed E-state index contributed by atoms with van der Waals surface area (Å²) in [7, 11) is 1.41. The molecule has 120 valence electrons. The number of nitrogens with zero attached hydrogens (tertiary/aromatic N) is 1. The Hall–Kier alpha value is -2.02. The summed E-state index contributed by atoms with van der Waals surface area (Å²) >= 11 is 0. The molecule has 0 aromatic heterocycles. The number of rotatable bonds is 7. The van der Waals surface area contributed by atoms with E-state index in [9.17, 15) is 4.79 Å². The number of benzene rings is 1. The fourth-order valence-corrected chi connectivity index (χ4v) is 2.20. The smallest absolute Gasteiger partial charge is 0.315 e. The minimum absolute atomic E-state index is 0.244. The Morgan fingerprint density at radius 1 is 1.23 bits per heavy atom. The van der Waals surface area contributed by atoms with Gasteiger partial charge in [-0.2, -0.15) is 5.26 Å². The zero-order valence-corrected chi connectivity index (χ0v) is 14.2. The normalized spacial score (nSPS) is 11.6.